The molecule has 0 unspecified atom stereocenters. The molecular weight excluding hydrogens is 944 g/mol. The van der Waals surface area contributed by atoms with Crippen molar-refractivity contribution >= 4 is 52.9 Å². The van der Waals surface area contributed by atoms with Gasteiger partial charge >= 0.3 is 13.7 Å². The second kappa shape index (κ2) is 20.7. The van der Waals surface area contributed by atoms with E-state index < -0.39 is 60.3 Å². The maximum absolute atomic E-state index is 15.7. The van der Waals surface area contributed by atoms with Crippen molar-refractivity contribution in [1.82, 2.24) is 25.5 Å². The van der Waals surface area contributed by atoms with Crippen LogP contribution in [0.4, 0.5) is 9.93 Å². The van der Waals surface area contributed by atoms with Gasteiger partial charge < -0.3 is 44.1 Å². The predicted octanol–water partition coefficient (Wildman–Crippen LogP) is 9.73. The summed E-state index contributed by atoms with van der Waals surface area (Å²) in [5.74, 6) is -0.851. The average Bonchev–Trinajstić information content (AvgIpc) is 3.74. The van der Waals surface area contributed by atoms with E-state index >= 15 is 14.2 Å². The van der Waals surface area contributed by atoms with E-state index in [1.165, 1.54) is 40.5 Å². The largest absolute Gasteiger partial charge is 0.497 e. The van der Waals surface area contributed by atoms with E-state index in [1.54, 1.807) is 55.7 Å². The Morgan fingerprint density at radius 3 is 2.20 bits per heavy atom. The van der Waals surface area contributed by atoms with Gasteiger partial charge in [0.25, 0.3) is 0 Å². The first-order chi connectivity index (χ1) is 33.9. The van der Waals surface area contributed by atoms with Gasteiger partial charge in [-0.15, -0.1) is 17.9 Å². The number of carbonyl (C=O) groups is 3. The summed E-state index contributed by atoms with van der Waals surface area (Å²) in [4.78, 5) is 55.1. The molecule has 2 saturated carbocycles. The fourth-order valence-corrected chi connectivity index (χ4v) is 12.2. The van der Waals surface area contributed by atoms with Crippen molar-refractivity contribution in [2.75, 3.05) is 19.0 Å². The number of hydrogen-bond acceptors (Lipinski definition) is 15. The lowest BCUT2D eigenvalue weighted by Crippen LogP contribution is -2.58. The molecule has 0 bridgehead atoms. The Morgan fingerprint density at radius 1 is 0.930 bits per heavy atom. The molecule has 3 aromatic carbocycles. The number of amides is 3. The Labute approximate surface area is 417 Å². The van der Waals surface area contributed by atoms with Gasteiger partial charge in [0.1, 0.15) is 53.0 Å². The third-order valence-electron chi connectivity index (χ3n) is 12.7. The van der Waals surface area contributed by atoms with Gasteiger partial charge in [0, 0.05) is 41.3 Å². The molecule has 3 N–H and O–H groups in total. The summed E-state index contributed by atoms with van der Waals surface area (Å²) in [5.41, 5.74) is 1.27. The molecular formula is C52H57N8O9PS. The van der Waals surface area contributed by atoms with E-state index in [4.69, 9.17) is 33.2 Å². The highest BCUT2D eigenvalue weighted by Crippen LogP contribution is 2.72. The second-order valence-corrected chi connectivity index (χ2v) is 22.4. The molecule has 0 spiro atoms. The molecule has 17 nitrogen and oxygen atoms in total. The standard InChI is InChI=1S/C52H57N8O9PS/c1-8-34-26-52(34,70(64,68-37-17-11-13-32(21-37)27-53)69-38-18-12-14-33(22-38)28-54)59-47(61)44-24-39(29-60(44)48(62)46(51(4,5)6)58-50(63)67-35-15-9-10-16-35)66-45-25-42(43-30-71-49(57-43)55-31(2)3)56-41-23-36(65-7)19-20-40(41)45/h8,11-14,17-23,25,30-31,34-35,39,44,46H,1,9-10,15-16,24,26,29H2,2-7H3,(H,55,57)(H,58,63)(H,59,61)/t34-,39-,44+,46-,52+/m1/s1. The molecule has 1 saturated heterocycles. The minimum absolute atomic E-state index is 0.0357. The predicted molar refractivity (Wildman–Crippen MR) is 268 cm³/mol. The van der Waals surface area contributed by atoms with E-state index in [2.05, 4.69) is 34.7 Å². The van der Waals surface area contributed by atoms with E-state index in [9.17, 15) is 15.3 Å². The zero-order chi connectivity index (χ0) is 50.7. The van der Waals surface area contributed by atoms with Gasteiger partial charge in [-0.25, -0.2) is 19.3 Å². The van der Waals surface area contributed by atoms with Gasteiger partial charge in [-0.1, -0.05) is 39.0 Å². The Kier molecular flexibility index (Phi) is 14.6. The van der Waals surface area contributed by atoms with Crippen LogP contribution < -0.4 is 34.5 Å². The van der Waals surface area contributed by atoms with Gasteiger partial charge in [0.05, 0.1) is 48.1 Å². The lowest BCUT2D eigenvalue weighted by atomic mass is 9.85. The molecule has 0 radical (unpaired) electrons. The summed E-state index contributed by atoms with van der Waals surface area (Å²) in [7, 11) is -3.04. The van der Waals surface area contributed by atoms with Crippen LogP contribution in [0.25, 0.3) is 22.3 Å². The Bertz CT molecular complexity index is 2910. The van der Waals surface area contributed by atoms with Crippen LogP contribution in [0.1, 0.15) is 84.3 Å². The molecule has 71 heavy (non-hydrogen) atoms. The molecule has 5 atom stereocenters. The molecule has 3 aliphatic rings. The van der Waals surface area contributed by atoms with Gasteiger partial charge in [-0.3, -0.25) is 9.59 Å². The summed E-state index contributed by atoms with van der Waals surface area (Å²) in [6.07, 6.45) is 3.08. The smallest absolute Gasteiger partial charge is 0.456 e. The number of fused-ring (bicyclic) bond motifs is 1. The van der Waals surface area contributed by atoms with Gasteiger partial charge in [-0.05, 0) is 99.9 Å². The molecule has 3 amide bonds. The van der Waals surface area contributed by atoms with Crippen molar-refractivity contribution in [2.45, 2.75) is 109 Å². The van der Waals surface area contributed by atoms with Crippen molar-refractivity contribution < 1.29 is 42.2 Å². The number of anilines is 1. The zero-order valence-electron chi connectivity index (χ0n) is 40.5. The third-order valence-corrected chi connectivity index (χ3v) is 16.0. The number of thiazole rings is 1. The fourth-order valence-electron chi connectivity index (χ4n) is 9.00. The van der Waals surface area contributed by atoms with Gasteiger partial charge in [-0.2, -0.15) is 10.5 Å². The van der Waals surface area contributed by atoms with Crippen molar-refractivity contribution in [2.24, 2.45) is 11.3 Å². The summed E-state index contributed by atoms with van der Waals surface area (Å²) in [6, 6.07) is 21.1. The number of nitrogens with zero attached hydrogens (tertiary/aromatic N) is 5. The highest BCUT2D eigenvalue weighted by atomic mass is 32.1. The molecule has 5 aromatic rings. The van der Waals surface area contributed by atoms with Crippen molar-refractivity contribution in [1.29, 1.82) is 10.5 Å². The molecule has 1 aliphatic heterocycles. The number of likely N-dealkylation sites (tertiary alicyclic amines) is 1. The number of rotatable bonds is 17. The number of nitriles is 2. The summed E-state index contributed by atoms with van der Waals surface area (Å²) < 4.78 is 46.4. The first-order valence-corrected chi connectivity index (χ1v) is 26.0. The van der Waals surface area contributed by atoms with Crippen LogP contribution in [-0.2, 0) is 18.9 Å². The normalized spacial score (nSPS) is 20.3. The number of benzene rings is 3. The molecule has 3 heterocycles. The Morgan fingerprint density at radius 2 is 1.61 bits per heavy atom. The minimum atomic E-state index is -4.61. The first-order valence-electron chi connectivity index (χ1n) is 23.5. The number of ether oxygens (including phenoxy) is 3. The van der Waals surface area contributed by atoms with Crippen LogP contribution in [0.5, 0.6) is 23.0 Å². The number of alkyl carbamates (subject to hydrolysis) is 1. The Balaban J connectivity index is 1.17. The van der Waals surface area contributed by atoms with Gasteiger partial charge in [0.2, 0.25) is 11.8 Å². The molecule has 370 valence electrons. The summed E-state index contributed by atoms with van der Waals surface area (Å²) in [6.45, 7) is 13.4. The topological polar surface area (TPSA) is 227 Å². The molecule has 19 heteroatoms. The van der Waals surface area contributed by atoms with Crippen LogP contribution in [0.2, 0.25) is 0 Å². The first kappa shape index (κ1) is 50.3. The number of nitrogens with one attached hydrogen (secondary N) is 3. The SMILES string of the molecule is C=C[C@@H]1C[C@]1(NC(=O)[C@@H]1C[C@@H](Oc2cc(-c3csc(NC(C)C)n3)nc3cc(OC)ccc23)CN1C(=O)[C@@H](NC(=O)OC1CCCC1)C(C)(C)C)P(=O)(Oc1cccc(C#N)c1)Oc1cccc(C#N)c1. The number of hydrogen-bond donors (Lipinski definition) is 3. The maximum Gasteiger partial charge on any atom is 0.456 e. The molecule has 2 aromatic heterocycles. The number of pyridine rings is 1. The highest BCUT2D eigenvalue weighted by Gasteiger charge is 2.71. The lowest BCUT2D eigenvalue weighted by Gasteiger charge is -2.36. The van der Waals surface area contributed by atoms with Crippen LogP contribution >= 0.6 is 18.9 Å². The summed E-state index contributed by atoms with van der Waals surface area (Å²) >= 11 is 1.44. The van der Waals surface area contributed by atoms with E-state index in [1.807, 2.05) is 46.1 Å². The van der Waals surface area contributed by atoms with Crippen LogP contribution in [0.3, 0.4) is 0 Å². The van der Waals surface area contributed by atoms with Crippen molar-refractivity contribution in [3.63, 3.8) is 0 Å². The van der Waals surface area contributed by atoms with E-state index in [-0.39, 0.29) is 54.2 Å². The van der Waals surface area contributed by atoms with Crippen molar-refractivity contribution in [3.8, 4) is 46.5 Å². The van der Waals surface area contributed by atoms with Crippen LogP contribution in [0.15, 0.2) is 90.8 Å². The molecule has 2 aliphatic carbocycles. The third kappa shape index (κ3) is 11.1. The maximum atomic E-state index is 15.7. The molecule has 3 fully saturated rings. The monoisotopic (exact) mass is 1000 g/mol. The molecule has 8 rings (SSSR count). The van der Waals surface area contributed by atoms with Crippen molar-refractivity contribution in [3.05, 3.63) is 102 Å². The number of aromatic nitrogens is 2. The van der Waals surface area contributed by atoms with Crippen LogP contribution in [0, 0.1) is 34.0 Å². The quantitative estimate of drug-likeness (QED) is 0.0582. The number of methoxy groups -OCH3 is 1. The van der Waals surface area contributed by atoms with Crippen LogP contribution in [-0.4, -0.2) is 82.0 Å². The lowest BCUT2D eigenvalue weighted by molar-refractivity contribution is -0.142. The highest BCUT2D eigenvalue weighted by molar-refractivity contribution is 7.57. The zero-order valence-corrected chi connectivity index (χ0v) is 42.2. The van der Waals surface area contributed by atoms with Gasteiger partial charge in [0.15, 0.2) is 10.4 Å². The summed E-state index contributed by atoms with van der Waals surface area (Å²) in [5, 5.41) is 30.1. The average molecular weight is 1000 g/mol. The minimum Gasteiger partial charge on any atom is -0.497 e. The number of carbonyl (C=O) groups excluding carboxylic acids is 3. The Hall–Kier alpha value is -7.14. The fraction of sp³-hybridized carbons (Fsp3) is 0.404. The van der Waals surface area contributed by atoms with E-state index in [0.717, 1.165) is 30.8 Å². The second-order valence-electron chi connectivity index (χ2n) is 19.4. The van der Waals surface area contributed by atoms with E-state index in [0.29, 0.717) is 33.8 Å².